The molecule has 0 unspecified atom stereocenters. The van der Waals surface area contributed by atoms with Gasteiger partial charge in [0.2, 0.25) is 0 Å². The number of aromatic hydroxyl groups is 1. The lowest BCUT2D eigenvalue weighted by molar-refractivity contribution is 0.471. The Balaban J connectivity index is 2.40. The second-order valence-corrected chi connectivity index (χ2v) is 3.71. The van der Waals surface area contributed by atoms with Crippen LogP contribution in [-0.4, -0.2) is 11.7 Å². The first kappa shape index (κ1) is 8.57. The van der Waals surface area contributed by atoms with Crippen LogP contribution < -0.4 is 5.73 Å². The maximum absolute atomic E-state index is 9.32. The average Bonchev–Trinajstić information content (AvgIpc) is 2.16. The minimum absolute atomic E-state index is 0.372. The van der Waals surface area contributed by atoms with Crippen LogP contribution in [0.2, 0.25) is 0 Å². The fraction of sp³-hybridized carbons (Fsp3) is 0.455. The normalized spacial score (nSPS) is 21.2. The topological polar surface area (TPSA) is 46.2 Å². The van der Waals surface area contributed by atoms with E-state index in [1.165, 1.54) is 24.0 Å². The standard InChI is InChI=1S/C11H15NO/c12-7-9-3-1-2-8-6-10(13)4-5-11(8)9/h4-6,9,13H,1-3,7,12H2/t9-/m0/s1. The van der Waals surface area contributed by atoms with Gasteiger partial charge in [-0.05, 0) is 55.0 Å². The quantitative estimate of drug-likeness (QED) is 0.686. The van der Waals surface area contributed by atoms with E-state index in [4.69, 9.17) is 5.73 Å². The van der Waals surface area contributed by atoms with E-state index in [1.54, 1.807) is 6.07 Å². The molecule has 70 valence electrons. The molecule has 0 saturated carbocycles. The zero-order valence-electron chi connectivity index (χ0n) is 7.66. The number of hydrogen-bond donors (Lipinski definition) is 2. The lowest BCUT2D eigenvalue weighted by Crippen LogP contribution is -2.17. The van der Waals surface area contributed by atoms with Crippen molar-refractivity contribution < 1.29 is 5.11 Å². The van der Waals surface area contributed by atoms with Gasteiger partial charge in [-0.25, -0.2) is 0 Å². The largest absolute Gasteiger partial charge is 0.508 e. The van der Waals surface area contributed by atoms with Gasteiger partial charge >= 0.3 is 0 Å². The highest BCUT2D eigenvalue weighted by Crippen LogP contribution is 2.32. The van der Waals surface area contributed by atoms with Gasteiger partial charge in [0, 0.05) is 0 Å². The molecule has 3 N–H and O–H groups in total. The maximum Gasteiger partial charge on any atom is 0.115 e. The lowest BCUT2D eigenvalue weighted by Gasteiger charge is -2.24. The summed E-state index contributed by atoms with van der Waals surface area (Å²) in [6.45, 7) is 0.720. The second kappa shape index (κ2) is 3.38. The lowest BCUT2D eigenvalue weighted by atomic mass is 9.83. The molecule has 1 aromatic rings. The Bertz CT molecular complexity index is 309. The highest BCUT2D eigenvalue weighted by Gasteiger charge is 2.18. The van der Waals surface area contributed by atoms with Gasteiger partial charge in [-0.1, -0.05) is 6.07 Å². The van der Waals surface area contributed by atoms with Gasteiger partial charge in [-0.15, -0.1) is 0 Å². The molecule has 2 rings (SSSR count). The van der Waals surface area contributed by atoms with Crippen molar-refractivity contribution in [2.75, 3.05) is 6.54 Å². The molecule has 1 aliphatic carbocycles. The summed E-state index contributed by atoms with van der Waals surface area (Å²) in [5, 5.41) is 9.32. The van der Waals surface area contributed by atoms with Crippen molar-refractivity contribution in [1.82, 2.24) is 0 Å². The molecule has 2 heteroatoms. The summed E-state index contributed by atoms with van der Waals surface area (Å²) in [7, 11) is 0. The van der Waals surface area contributed by atoms with Crippen molar-refractivity contribution in [3.63, 3.8) is 0 Å². The molecule has 2 nitrogen and oxygen atoms in total. The van der Waals surface area contributed by atoms with Crippen LogP contribution in [0.5, 0.6) is 5.75 Å². The molecule has 1 atom stereocenters. The summed E-state index contributed by atoms with van der Waals surface area (Å²) in [6, 6.07) is 5.64. The third kappa shape index (κ3) is 1.54. The van der Waals surface area contributed by atoms with Gasteiger partial charge in [0.1, 0.15) is 5.75 Å². The van der Waals surface area contributed by atoms with E-state index in [-0.39, 0.29) is 0 Å². The molecule has 0 spiro atoms. The summed E-state index contributed by atoms with van der Waals surface area (Å²) in [4.78, 5) is 0. The molecule has 0 aromatic heterocycles. The van der Waals surface area contributed by atoms with Crippen molar-refractivity contribution in [2.45, 2.75) is 25.2 Å². The number of phenols is 1. The zero-order valence-corrected chi connectivity index (χ0v) is 7.66. The smallest absolute Gasteiger partial charge is 0.115 e. The molecule has 0 bridgehead atoms. The summed E-state index contributed by atoms with van der Waals surface area (Å²) in [5.74, 6) is 0.876. The summed E-state index contributed by atoms with van der Waals surface area (Å²) in [6.07, 6.45) is 3.47. The fourth-order valence-electron chi connectivity index (χ4n) is 2.15. The van der Waals surface area contributed by atoms with Crippen LogP contribution in [0.1, 0.15) is 29.9 Å². The van der Waals surface area contributed by atoms with Crippen molar-refractivity contribution in [3.8, 4) is 5.75 Å². The molecular weight excluding hydrogens is 162 g/mol. The predicted molar refractivity (Wildman–Crippen MR) is 52.8 cm³/mol. The third-order valence-corrected chi connectivity index (χ3v) is 2.85. The van der Waals surface area contributed by atoms with Crippen molar-refractivity contribution >= 4 is 0 Å². The van der Waals surface area contributed by atoms with Gasteiger partial charge in [-0.2, -0.15) is 0 Å². The van der Waals surface area contributed by atoms with Gasteiger partial charge < -0.3 is 10.8 Å². The Morgan fingerprint density at radius 1 is 1.46 bits per heavy atom. The van der Waals surface area contributed by atoms with Crippen molar-refractivity contribution in [3.05, 3.63) is 29.3 Å². The molecule has 13 heavy (non-hydrogen) atoms. The molecule has 0 amide bonds. The Kier molecular flexibility index (Phi) is 2.23. The first-order valence-corrected chi connectivity index (χ1v) is 4.83. The number of phenolic OH excluding ortho intramolecular Hbond substituents is 1. The number of rotatable bonds is 1. The highest BCUT2D eigenvalue weighted by atomic mass is 16.3. The Hall–Kier alpha value is -1.02. The van der Waals surface area contributed by atoms with Crippen LogP contribution in [0.15, 0.2) is 18.2 Å². The minimum Gasteiger partial charge on any atom is -0.508 e. The first-order chi connectivity index (χ1) is 6.31. The first-order valence-electron chi connectivity index (χ1n) is 4.83. The molecule has 0 fully saturated rings. The monoisotopic (exact) mass is 177 g/mol. The van der Waals surface area contributed by atoms with Gasteiger partial charge in [-0.3, -0.25) is 0 Å². The van der Waals surface area contributed by atoms with Gasteiger partial charge in [0.25, 0.3) is 0 Å². The molecule has 0 saturated heterocycles. The molecule has 0 radical (unpaired) electrons. The summed E-state index contributed by atoms with van der Waals surface area (Å²) >= 11 is 0. The van der Waals surface area contributed by atoms with Crippen molar-refractivity contribution in [1.29, 1.82) is 0 Å². The molecule has 1 aliphatic rings. The van der Waals surface area contributed by atoms with Crippen LogP contribution in [0, 0.1) is 0 Å². The van der Waals surface area contributed by atoms with E-state index in [0.717, 1.165) is 13.0 Å². The number of hydrogen-bond acceptors (Lipinski definition) is 2. The van der Waals surface area contributed by atoms with Crippen molar-refractivity contribution in [2.24, 2.45) is 5.73 Å². The van der Waals surface area contributed by atoms with Gasteiger partial charge in [0.15, 0.2) is 0 Å². The van der Waals surface area contributed by atoms with Crippen LogP contribution in [0.4, 0.5) is 0 Å². The van der Waals surface area contributed by atoms with E-state index < -0.39 is 0 Å². The van der Waals surface area contributed by atoms with Crippen LogP contribution in [0.3, 0.4) is 0 Å². The Morgan fingerprint density at radius 3 is 3.08 bits per heavy atom. The van der Waals surface area contributed by atoms with E-state index >= 15 is 0 Å². The van der Waals surface area contributed by atoms with E-state index in [9.17, 15) is 5.11 Å². The molecule has 0 heterocycles. The SMILES string of the molecule is NC[C@@H]1CCCc2cc(O)ccc21. The summed E-state index contributed by atoms with van der Waals surface area (Å²) < 4.78 is 0. The van der Waals surface area contributed by atoms with Gasteiger partial charge in [0.05, 0.1) is 0 Å². The highest BCUT2D eigenvalue weighted by molar-refractivity contribution is 5.38. The number of nitrogens with two attached hydrogens (primary N) is 1. The van der Waals surface area contributed by atoms with E-state index in [1.807, 2.05) is 12.1 Å². The second-order valence-electron chi connectivity index (χ2n) is 3.71. The minimum atomic E-state index is 0.372. The van der Waals surface area contributed by atoms with Crippen LogP contribution in [0.25, 0.3) is 0 Å². The van der Waals surface area contributed by atoms with E-state index in [0.29, 0.717) is 11.7 Å². The number of aryl methyl sites for hydroxylation is 1. The third-order valence-electron chi connectivity index (χ3n) is 2.85. The number of fused-ring (bicyclic) bond motifs is 1. The maximum atomic E-state index is 9.32. The molecule has 1 aromatic carbocycles. The van der Waals surface area contributed by atoms with Crippen LogP contribution >= 0.6 is 0 Å². The Morgan fingerprint density at radius 2 is 2.31 bits per heavy atom. The zero-order chi connectivity index (χ0) is 9.26. The Labute approximate surface area is 78.4 Å². The average molecular weight is 177 g/mol. The predicted octanol–water partition coefficient (Wildman–Crippen LogP) is 1.77. The van der Waals surface area contributed by atoms with E-state index in [2.05, 4.69) is 0 Å². The fourth-order valence-corrected chi connectivity index (χ4v) is 2.15. The summed E-state index contributed by atoms with van der Waals surface area (Å²) in [5.41, 5.74) is 8.31. The molecule has 0 aliphatic heterocycles. The molecular formula is C11H15NO. The number of benzene rings is 1. The van der Waals surface area contributed by atoms with Crippen LogP contribution in [-0.2, 0) is 6.42 Å².